The Labute approximate surface area is 88.7 Å². The van der Waals surface area contributed by atoms with Crippen LogP contribution in [0.3, 0.4) is 0 Å². The van der Waals surface area contributed by atoms with Gasteiger partial charge in [0.05, 0.1) is 0 Å². The predicted octanol–water partition coefficient (Wildman–Crippen LogP) is 3.27. The number of aliphatic hydroxyl groups is 1. The van der Waals surface area contributed by atoms with Crippen LogP contribution in [0.5, 0.6) is 0 Å². The zero-order valence-electron chi connectivity index (χ0n) is 8.90. The van der Waals surface area contributed by atoms with Gasteiger partial charge in [0.2, 0.25) is 0 Å². The largest absolute Gasteiger partial charge is 0.415 e. The molecular weight excluding hydrogens is 205 g/mol. The third-order valence-corrected chi connectivity index (χ3v) is 1.95. The van der Waals surface area contributed by atoms with Crippen LogP contribution in [0, 0.1) is 11.8 Å². The van der Waals surface area contributed by atoms with Crippen LogP contribution in [0.2, 0.25) is 0 Å². The maximum absolute atomic E-state index is 11.8. The van der Waals surface area contributed by atoms with Crippen LogP contribution in [0.1, 0.15) is 45.4 Å². The maximum atomic E-state index is 11.8. The number of rotatable bonds is 5. The van der Waals surface area contributed by atoms with Crippen LogP contribution in [0.25, 0.3) is 0 Å². The first kappa shape index (κ1) is 14.3. The van der Waals surface area contributed by atoms with Gasteiger partial charge in [-0.1, -0.05) is 26.2 Å². The van der Waals surface area contributed by atoms with Gasteiger partial charge in [0, 0.05) is 12.8 Å². The van der Waals surface area contributed by atoms with Gasteiger partial charge in [-0.25, -0.2) is 0 Å². The molecule has 0 spiro atoms. The molecule has 1 nitrogen and oxygen atoms in total. The summed E-state index contributed by atoms with van der Waals surface area (Å²) in [5.74, 6) is 4.99. The van der Waals surface area contributed by atoms with Crippen molar-refractivity contribution in [3.8, 4) is 11.8 Å². The summed E-state index contributed by atoms with van der Waals surface area (Å²) in [4.78, 5) is 0. The highest BCUT2D eigenvalue weighted by Crippen LogP contribution is 2.21. The molecule has 0 aliphatic rings. The summed E-state index contributed by atoms with van der Waals surface area (Å²) in [6.07, 6.45) is -2.51. The van der Waals surface area contributed by atoms with E-state index in [-0.39, 0.29) is 0 Å². The van der Waals surface area contributed by atoms with Crippen molar-refractivity contribution in [3.05, 3.63) is 0 Å². The van der Waals surface area contributed by atoms with Crippen molar-refractivity contribution in [2.24, 2.45) is 0 Å². The van der Waals surface area contributed by atoms with E-state index in [0.717, 1.165) is 25.7 Å². The van der Waals surface area contributed by atoms with E-state index < -0.39 is 18.7 Å². The topological polar surface area (TPSA) is 20.2 Å². The Morgan fingerprint density at radius 3 is 2.33 bits per heavy atom. The lowest BCUT2D eigenvalue weighted by Gasteiger charge is -2.10. The fourth-order valence-corrected chi connectivity index (χ4v) is 1.01. The summed E-state index contributed by atoms with van der Waals surface area (Å²) < 4.78 is 35.4. The summed E-state index contributed by atoms with van der Waals surface area (Å²) in [5.41, 5.74) is 0. The zero-order chi connectivity index (χ0) is 11.7. The van der Waals surface area contributed by atoms with Crippen molar-refractivity contribution in [3.63, 3.8) is 0 Å². The lowest BCUT2D eigenvalue weighted by molar-refractivity contribution is -0.201. The highest BCUT2D eigenvalue weighted by molar-refractivity contribution is 5.00. The number of unbranched alkanes of at least 4 members (excludes halogenated alkanes) is 4. The zero-order valence-corrected chi connectivity index (χ0v) is 8.90. The Morgan fingerprint density at radius 2 is 1.80 bits per heavy atom. The fourth-order valence-electron chi connectivity index (χ4n) is 1.01. The molecule has 1 atom stereocenters. The van der Waals surface area contributed by atoms with Gasteiger partial charge in [0.1, 0.15) is 0 Å². The Kier molecular flexibility index (Phi) is 7.23. The summed E-state index contributed by atoms with van der Waals surface area (Å²) >= 11 is 0. The van der Waals surface area contributed by atoms with Gasteiger partial charge in [-0.2, -0.15) is 13.2 Å². The molecule has 0 rings (SSSR count). The smallest absolute Gasteiger partial charge is 0.383 e. The van der Waals surface area contributed by atoms with Crippen LogP contribution in [0.4, 0.5) is 13.2 Å². The highest BCUT2D eigenvalue weighted by Gasteiger charge is 2.37. The molecule has 0 aromatic rings. The molecule has 0 heterocycles. The van der Waals surface area contributed by atoms with Gasteiger partial charge in [0.25, 0.3) is 0 Å². The molecule has 0 saturated carbocycles. The predicted molar refractivity (Wildman–Crippen MR) is 53.2 cm³/mol. The second-order valence-electron chi connectivity index (χ2n) is 3.43. The Hall–Kier alpha value is -0.690. The van der Waals surface area contributed by atoms with Gasteiger partial charge in [-0.05, 0) is 6.42 Å². The minimum absolute atomic E-state index is 0.517. The number of hydrogen-bond acceptors (Lipinski definition) is 1. The molecule has 4 heteroatoms. The monoisotopic (exact) mass is 222 g/mol. The number of hydrogen-bond donors (Lipinski definition) is 1. The molecule has 0 aromatic heterocycles. The van der Waals surface area contributed by atoms with Gasteiger partial charge in [0.15, 0.2) is 6.10 Å². The Bertz CT molecular complexity index is 212. The van der Waals surface area contributed by atoms with Crippen LogP contribution in [-0.4, -0.2) is 17.4 Å². The van der Waals surface area contributed by atoms with E-state index in [4.69, 9.17) is 5.11 Å². The van der Waals surface area contributed by atoms with Crippen molar-refractivity contribution in [1.29, 1.82) is 0 Å². The minimum atomic E-state index is -4.54. The van der Waals surface area contributed by atoms with Gasteiger partial charge in [-0.3, -0.25) is 0 Å². The fraction of sp³-hybridized carbons (Fsp3) is 0.818. The van der Waals surface area contributed by atoms with Gasteiger partial charge in [-0.15, -0.1) is 11.8 Å². The third-order valence-electron chi connectivity index (χ3n) is 1.95. The van der Waals surface area contributed by atoms with Crippen molar-refractivity contribution in [1.82, 2.24) is 0 Å². The van der Waals surface area contributed by atoms with E-state index in [2.05, 4.69) is 18.8 Å². The van der Waals surface area contributed by atoms with Crippen molar-refractivity contribution < 1.29 is 18.3 Å². The van der Waals surface area contributed by atoms with E-state index >= 15 is 0 Å². The molecule has 0 amide bonds. The van der Waals surface area contributed by atoms with Crippen LogP contribution in [0.15, 0.2) is 0 Å². The van der Waals surface area contributed by atoms with E-state index in [1.165, 1.54) is 0 Å². The average Bonchev–Trinajstić information content (AvgIpc) is 2.14. The minimum Gasteiger partial charge on any atom is -0.383 e. The van der Waals surface area contributed by atoms with E-state index in [0.29, 0.717) is 6.42 Å². The molecule has 15 heavy (non-hydrogen) atoms. The molecule has 1 unspecified atom stereocenters. The summed E-state index contributed by atoms with van der Waals surface area (Å²) in [6, 6.07) is 0. The van der Waals surface area contributed by atoms with Crippen LogP contribution >= 0.6 is 0 Å². The molecule has 0 fully saturated rings. The van der Waals surface area contributed by atoms with Crippen LogP contribution in [-0.2, 0) is 0 Å². The quantitative estimate of drug-likeness (QED) is 0.559. The first-order valence-corrected chi connectivity index (χ1v) is 5.19. The first-order chi connectivity index (χ1) is 6.98. The average molecular weight is 222 g/mol. The number of alkyl halides is 3. The third kappa shape index (κ3) is 8.31. The van der Waals surface area contributed by atoms with E-state index in [1.807, 2.05) is 0 Å². The SMILES string of the molecule is CCCCCCC#CCC(O)C(F)(F)F. The molecule has 0 aliphatic carbocycles. The standard InChI is InChI=1S/C11H17F3O/c1-2-3-4-5-6-7-8-9-10(15)11(12,13)14/h10,15H,2-6,9H2,1H3. The normalized spacial score (nSPS) is 13.1. The Morgan fingerprint density at radius 1 is 1.13 bits per heavy atom. The highest BCUT2D eigenvalue weighted by atomic mass is 19.4. The number of aliphatic hydroxyl groups excluding tert-OH is 1. The second-order valence-corrected chi connectivity index (χ2v) is 3.43. The van der Waals surface area contributed by atoms with Crippen molar-refractivity contribution in [2.45, 2.75) is 57.7 Å². The molecule has 0 bridgehead atoms. The Balaban J connectivity index is 3.54. The molecule has 0 aromatic carbocycles. The molecule has 0 saturated heterocycles. The summed E-state index contributed by atoms with van der Waals surface area (Å²) in [7, 11) is 0. The lowest BCUT2D eigenvalue weighted by Crippen LogP contribution is -2.27. The summed E-state index contributed by atoms with van der Waals surface area (Å²) in [6.45, 7) is 2.09. The van der Waals surface area contributed by atoms with Crippen LogP contribution < -0.4 is 0 Å². The second kappa shape index (κ2) is 7.58. The molecule has 0 aliphatic heterocycles. The van der Waals surface area contributed by atoms with Crippen molar-refractivity contribution >= 4 is 0 Å². The number of halogens is 3. The van der Waals surface area contributed by atoms with Gasteiger partial charge >= 0.3 is 6.18 Å². The van der Waals surface area contributed by atoms with Gasteiger partial charge < -0.3 is 5.11 Å². The maximum Gasteiger partial charge on any atom is 0.415 e. The molecule has 1 N–H and O–H groups in total. The molecule has 0 radical (unpaired) electrons. The molecule has 88 valence electrons. The van der Waals surface area contributed by atoms with Crippen molar-refractivity contribution in [2.75, 3.05) is 0 Å². The molecular formula is C11H17F3O. The lowest BCUT2D eigenvalue weighted by atomic mass is 10.1. The summed E-state index contributed by atoms with van der Waals surface area (Å²) in [5, 5.41) is 8.60. The first-order valence-electron chi connectivity index (χ1n) is 5.19. The van der Waals surface area contributed by atoms with E-state index in [9.17, 15) is 13.2 Å². The van der Waals surface area contributed by atoms with E-state index in [1.54, 1.807) is 0 Å².